The summed E-state index contributed by atoms with van der Waals surface area (Å²) in [5.41, 5.74) is 2.39. The fraction of sp³-hybridized carbons (Fsp3) is 0.524. The van der Waals surface area contributed by atoms with Crippen molar-refractivity contribution in [3.63, 3.8) is 0 Å². The minimum absolute atomic E-state index is 0.159. The number of fused-ring (bicyclic) bond motifs is 1. The lowest BCUT2D eigenvalue weighted by Gasteiger charge is -2.24. The van der Waals surface area contributed by atoms with E-state index in [2.05, 4.69) is 5.32 Å². The Hall–Kier alpha value is -2.38. The van der Waals surface area contributed by atoms with Crippen LogP contribution in [0.25, 0.3) is 11.0 Å². The third kappa shape index (κ3) is 4.36. The van der Waals surface area contributed by atoms with Gasteiger partial charge < -0.3 is 24.1 Å². The van der Waals surface area contributed by atoms with Crippen LogP contribution in [0.1, 0.15) is 23.6 Å². The minimum atomic E-state index is -0.644. The third-order valence-corrected chi connectivity index (χ3v) is 5.47. The molecular formula is C21H29N2O5+. The molecule has 0 aliphatic carbocycles. The van der Waals surface area contributed by atoms with Gasteiger partial charge in [-0.05, 0) is 45.4 Å². The van der Waals surface area contributed by atoms with Gasteiger partial charge in [0.25, 0.3) is 5.91 Å². The second-order valence-electron chi connectivity index (χ2n) is 7.37. The summed E-state index contributed by atoms with van der Waals surface area (Å²) >= 11 is 0. The molecule has 0 bridgehead atoms. The SMILES string of the molecule is Cc1c(C)c2ccc(O[C@H](C)C(=O)NCC[NH+]3CCOCC3)c(C)c2oc1=O. The van der Waals surface area contributed by atoms with E-state index in [0.29, 0.717) is 23.4 Å². The normalized spacial score (nSPS) is 16.1. The first-order valence-corrected chi connectivity index (χ1v) is 9.77. The van der Waals surface area contributed by atoms with Gasteiger partial charge in [0.15, 0.2) is 6.10 Å². The van der Waals surface area contributed by atoms with Crippen LogP contribution in [0, 0.1) is 20.8 Å². The first kappa shape index (κ1) is 20.4. The second kappa shape index (κ2) is 8.75. The van der Waals surface area contributed by atoms with Crippen molar-refractivity contribution in [1.82, 2.24) is 5.32 Å². The first-order valence-electron chi connectivity index (χ1n) is 9.77. The molecular weight excluding hydrogens is 360 g/mol. The molecule has 0 radical (unpaired) electrons. The van der Waals surface area contributed by atoms with Crippen molar-refractivity contribution in [2.24, 2.45) is 0 Å². The number of morpholine rings is 1. The number of benzene rings is 1. The molecule has 2 aromatic rings. The first-order chi connectivity index (χ1) is 13.4. The monoisotopic (exact) mass is 389 g/mol. The molecule has 7 heteroatoms. The van der Waals surface area contributed by atoms with Crippen LogP contribution in [0.5, 0.6) is 5.75 Å². The average molecular weight is 389 g/mol. The molecule has 7 nitrogen and oxygen atoms in total. The molecule has 28 heavy (non-hydrogen) atoms. The summed E-state index contributed by atoms with van der Waals surface area (Å²) in [6, 6.07) is 3.70. The van der Waals surface area contributed by atoms with Gasteiger partial charge in [0.2, 0.25) is 0 Å². The van der Waals surface area contributed by atoms with Crippen LogP contribution in [0.4, 0.5) is 0 Å². The summed E-state index contributed by atoms with van der Waals surface area (Å²) in [5, 5.41) is 3.82. The maximum Gasteiger partial charge on any atom is 0.339 e. The molecule has 0 unspecified atom stereocenters. The Morgan fingerprint density at radius 3 is 2.61 bits per heavy atom. The molecule has 2 N–H and O–H groups in total. The van der Waals surface area contributed by atoms with E-state index >= 15 is 0 Å². The molecule has 0 saturated carbocycles. The highest BCUT2D eigenvalue weighted by Crippen LogP contribution is 2.29. The Labute approximate surface area is 164 Å². The molecule has 152 valence electrons. The van der Waals surface area contributed by atoms with Crippen LogP contribution in [0.3, 0.4) is 0 Å². The number of hydrogen-bond donors (Lipinski definition) is 2. The predicted molar refractivity (Wildman–Crippen MR) is 106 cm³/mol. The molecule has 1 aliphatic rings. The minimum Gasteiger partial charge on any atom is -0.480 e. The van der Waals surface area contributed by atoms with E-state index in [1.807, 2.05) is 26.0 Å². The van der Waals surface area contributed by atoms with Gasteiger partial charge in [-0.15, -0.1) is 0 Å². The number of nitrogens with one attached hydrogen (secondary N) is 2. The maximum atomic E-state index is 12.4. The number of carbonyl (C=O) groups excluding carboxylic acids is 1. The van der Waals surface area contributed by atoms with Crippen LogP contribution in [0.15, 0.2) is 21.3 Å². The summed E-state index contributed by atoms with van der Waals surface area (Å²) < 4.78 is 16.7. The molecule has 1 aliphatic heterocycles. The van der Waals surface area contributed by atoms with Crippen molar-refractivity contribution in [1.29, 1.82) is 0 Å². The van der Waals surface area contributed by atoms with Gasteiger partial charge in [-0.1, -0.05) is 0 Å². The van der Waals surface area contributed by atoms with Gasteiger partial charge in [-0.2, -0.15) is 0 Å². The van der Waals surface area contributed by atoms with Crippen molar-refractivity contribution >= 4 is 16.9 Å². The van der Waals surface area contributed by atoms with Crippen molar-refractivity contribution in [3.8, 4) is 5.75 Å². The van der Waals surface area contributed by atoms with Crippen molar-refractivity contribution in [2.45, 2.75) is 33.8 Å². The molecule has 3 rings (SSSR count). The van der Waals surface area contributed by atoms with Crippen LogP contribution in [-0.4, -0.2) is 51.4 Å². The van der Waals surface area contributed by atoms with Crippen LogP contribution >= 0.6 is 0 Å². The molecule has 1 amide bonds. The van der Waals surface area contributed by atoms with E-state index in [1.165, 1.54) is 4.90 Å². The summed E-state index contributed by atoms with van der Waals surface area (Å²) in [6.07, 6.45) is -0.644. The third-order valence-electron chi connectivity index (χ3n) is 5.47. The summed E-state index contributed by atoms with van der Waals surface area (Å²) in [4.78, 5) is 25.8. The van der Waals surface area contributed by atoms with Gasteiger partial charge in [-0.3, -0.25) is 4.79 Å². The van der Waals surface area contributed by atoms with Gasteiger partial charge >= 0.3 is 5.63 Å². The van der Waals surface area contributed by atoms with E-state index < -0.39 is 6.10 Å². The Morgan fingerprint density at radius 2 is 1.89 bits per heavy atom. The van der Waals surface area contributed by atoms with Crippen LogP contribution < -0.4 is 20.6 Å². The molecule has 1 aromatic carbocycles. The van der Waals surface area contributed by atoms with Gasteiger partial charge in [0.05, 0.1) is 26.3 Å². The molecule has 1 saturated heterocycles. The largest absolute Gasteiger partial charge is 0.480 e. The number of ether oxygens (including phenoxy) is 2. The lowest BCUT2D eigenvalue weighted by atomic mass is 10.0. The van der Waals surface area contributed by atoms with Gasteiger partial charge in [0.1, 0.15) is 24.4 Å². The van der Waals surface area contributed by atoms with Crippen molar-refractivity contribution in [2.75, 3.05) is 39.4 Å². The average Bonchev–Trinajstić information content (AvgIpc) is 2.69. The molecule has 1 aromatic heterocycles. The van der Waals surface area contributed by atoms with E-state index in [-0.39, 0.29) is 11.5 Å². The number of amides is 1. The van der Waals surface area contributed by atoms with Crippen LogP contribution in [-0.2, 0) is 9.53 Å². The maximum absolute atomic E-state index is 12.4. The second-order valence-corrected chi connectivity index (χ2v) is 7.37. The fourth-order valence-corrected chi connectivity index (χ4v) is 3.41. The Balaban J connectivity index is 1.64. The molecule has 1 atom stereocenters. The highest BCUT2D eigenvalue weighted by molar-refractivity contribution is 5.86. The number of carbonyl (C=O) groups is 1. The lowest BCUT2D eigenvalue weighted by molar-refractivity contribution is -0.906. The van der Waals surface area contributed by atoms with Crippen LogP contribution in [0.2, 0.25) is 0 Å². The number of quaternary nitrogens is 1. The van der Waals surface area contributed by atoms with E-state index in [1.54, 1.807) is 13.8 Å². The summed E-state index contributed by atoms with van der Waals surface area (Å²) in [7, 11) is 0. The highest BCUT2D eigenvalue weighted by atomic mass is 16.5. The zero-order valence-corrected chi connectivity index (χ0v) is 17.0. The fourth-order valence-electron chi connectivity index (χ4n) is 3.41. The van der Waals surface area contributed by atoms with E-state index in [9.17, 15) is 9.59 Å². The Morgan fingerprint density at radius 1 is 1.18 bits per heavy atom. The smallest absolute Gasteiger partial charge is 0.339 e. The summed E-state index contributed by atoms with van der Waals surface area (Å²) in [6.45, 7) is 12.2. The number of rotatable bonds is 6. The highest BCUT2D eigenvalue weighted by Gasteiger charge is 2.19. The zero-order valence-electron chi connectivity index (χ0n) is 17.0. The topological polar surface area (TPSA) is 82.2 Å². The van der Waals surface area contributed by atoms with E-state index in [0.717, 1.165) is 49.4 Å². The molecule has 0 spiro atoms. The summed E-state index contributed by atoms with van der Waals surface area (Å²) in [5.74, 6) is 0.383. The van der Waals surface area contributed by atoms with E-state index in [4.69, 9.17) is 13.9 Å². The lowest BCUT2D eigenvalue weighted by Crippen LogP contribution is -3.14. The molecule has 1 fully saturated rings. The quantitative estimate of drug-likeness (QED) is 0.704. The van der Waals surface area contributed by atoms with Gasteiger partial charge in [-0.25, -0.2) is 4.79 Å². The predicted octanol–water partition coefficient (Wildman–Crippen LogP) is 0.517. The number of aryl methyl sites for hydroxylation is 2. The standard InChI is InChI=1S/C21H28N2O5/c1-13-14(2)21(25)28-19-15(3)18(6-5-17(13)19)27-16(4)20(24)22-7-8-23-9-11-26-12-10-23/h5-6,16H,7-12H2,1-4H3,(H,22,24)/p+1/t16-/m1/s1. The molecule has 2 heterocycles. The zero-order chi connectivity index (χ0) is 20.3. The van der Waals surface area contributed by atoms with Gasteiger partial charge in [0, 0.05) is 16.5 Å². The van der Waals surface area contributed by atoms with Crippen molar-refractivity contribution < 1.29 is 23.6 Å². The Kier molecular flexibility index (Phi) is 6.36. The van der Waals surface area contributed by atoms with Crippen molar-refractivity contribution in [3.05, 3.63) is 39.2 Å². The Bertz CT molecular complexity index is 915. The number of hydrogen-bond acceptors (Lipinski definition) is 5.